The van der Waals surface area contributed by atoms with Crippen LogP contribution in [0.1, 0.15) is 60.0 Å². The van der Waals surface area contributed by atoms with E-state index in [0.29, 0.717) is 24.3 Å². The molecule has 1 aliphatic heterocycles. The molecule has 31 heavy (non-hydrogen) atoms. The third kappa shape index (κ3) is 4.92. The molecular formula is C24H29FN2O3S. The molecule has 7 heteroatoms. The Morgan fingerprint density at radius 1 is 1.06 bits per heavy atom. The highest BCUT2D eigenvalue weighted by atomic mass is 32.2. The standard InChI is InChI=1S/C24H29FN2O3S/c1-31(29,30)27-15-5-6-19-16-20(11-14-23(19)27)24(28)26(22-7-3-2-4-8-22)17-18-9-12-21(25)13-10-18/h9-14,16,22H,2-8,15,17H2,1H3. The third-order valence-electron chi connectivity index (χ3n) is 6.35. The molecule has 5 nitrogen and oxygen atoms in total. The Balaban J connectivity index is 1.64. The lowest BCUT2D eigenvalue weighted by Crippen LogP contribution is -2.41. The number of aryl methyl sites for hydroxylation is 1. The van der Waals surface area contributed by atoms with Crippen molar-refractivity contribution in [3.63, 3.8) is 0 Å². The Hall–Kier alpha value is -2.41. The summed E-state index contributed by atoms with van der Waals surface area (Å²) in [5.74, 6) is -0.333. The monoisotopic (exact) mass is 444 g/mol. The smallest absolute Gasteiger partial charge is 0.254 e. The van der Waals surface area contributed by atoms with E-state index in [9.17, 15) is 17.6 Å². The summed E-state index contributed by atoms with van der Waals surface area (Å²) in [6.45, 7) is 0.911. The van der Waals surface area contributed by atoms with Crippen LogP contribution in [0.25, 0.3) is 0 Å². The average Bonchev–Trinajstić information content (AvgIpc) is 2.77. The summed E-state index contributed by atoms with van der Waals surface area (Å²) in [6.07, 6.45) is 8.05. The highest BCUT2D eigenvalue weighted by molar-refractivity contribution is 7.92. The number of nitrogens with zero attached hydrogens (tertiary/aromatic N) is 2. The Morgan fingerprint density at radius 2 is 1.77 bits per heavy atom. The molecule has 4 rings (SSSR count). The van der Waals surface area contributed by atoms with Gasteiger partial charge in [-0.1, -0.05) is 31.4 Å². The maximum Gasteiger partial charge on any atom is 0.254 e. The van der Waals surface area contributed by atoms with E-state index in [1.807, 2.05) is 11.0 Å². The molecule has 0 aromatic heterocycles. The summed E-state index contributed by atoms with van der Waals surface area (Å²) in [4.78, 5) is 15.5. The van der Waals surface area contributed by atoms with Crippen molar-refractivity contribution in [1.82, 2.24) is 4.90 Å². The highest BCUT2D eigenvalue weighted by Gasteiger charge is 2.29. The van der Waals surface area contributed by atoms with Gasteiger partial charge in [0.1, 0.15) is 5.82 Å². The van der Waals surface area contributed by atoms with Gasteiger partial charge in [0.05, 0.1) is 11.9 Å². The van der Waals surface area contributed by atoms with Gasteiger partial charge in [-0.3, -0.25) is 9.10 Å². The number of anilines is 1. The number of benzene rings is 2. The van der Waals surface area contributed by atoms with Gasteiger partial charge in [-0.05, 0) is 67.1 Å². The van der Waals surface area contributed by atoms with E-state index in [0.717, 1.165) is 49.7 Å². The first-order valence-electron chi connectivity index (χ1n) is 11.0. The fourth-order valence-electron chi connectivity index (χ4n) is 4.75. The maximum atomic E-state index is 13.6. The van der Waals surface area contributed by atoms with E-state index in [4.69, 9.17) is 0 Å². The lowest BCUT2D eigenvalue weighted by Gasteiger charge is -2.35. The van der Waals surface area contributed by atoms with Gasteiger partial charge in [0.2, 0.25) is 10.0 Å². The SMILES string of the molecule is CS(=O)(=O)N1CCCc2cc(C(=O)N(Cc3ccc(F)cc3)C3CCCCC3)ccc21. The topological polar surface area (TPSA) is 57.7 Å². The number of hydrogen-bond donors (Lipinski definition) is 0. The molecule has 1 saturated carbocycles. The van der Waals surface area contributed by atoms with E-state index in [-0.39, 0.29) is 17.8 Å². The second-order valence-electron chi connectivity index (χ2n) is 8.63. The average molecular weight is 445 g/mol. The van der Waals surface area contributed by atoms with Crippen LogP contribution >= 0.6 is 0 Å². The second-order valence-corrected chi connectivity index (χ2v) is 10.5. The van der Waals surface area contributed by atoms with Crippen LogP contribution in [-0.4, -0.2) is 38.1 Å². The largest absolute Gasteiger partial charge is 0.331 e. The van der Waals surface area contributed by atoms with Crippen molar-refractivity contribution in [2.45, 2.75) is 57.5 Å². The quantitative estimate of drug-likeness (QED) is 0.682. The van der Waals surface area contributed by atoms with Crippen molar-refractivity contribution >= 4 is 21.6 Å². The van der Waals surface area contributed by atoms with Gasteiger partial charge in [-0.2, -0.15) is 0 Å². The van der Waals surface area contributed by atoms with E-state index in [2.05, 4.69) is 0 Å². The number of carbonyl (C=O) groups is 1. The van der Waals surface area contributed by atoms with Crippen LogP contribution in [0.2, 0.25) is 0 Å². The number of sulfonamides is 1. The van der Waals surface area contributed by atoms with Gasteiger partial charge in [0.25, 0.3) is 5.91 Å². The number of rotatable bonds is 5. The molecule has 1 aliphatic carbocycles. The van der Waals surface area contributed by atoms with Crippen LogP contribution in [-0.2, 0) is 23.0 Å². The number of fused-ring (bicyclic) bond motifs is 1. The molecule has 1 fully saturated rings. The molecule has 2 aliphatic rings. The first kappa shape index (κ1) is 21.8. The molecule has 0 atom stereocenters. The van der Waals surface area contributed by atoms with Crippen molar-refractivity contribution in [1.29, 1.82) is 0 Å². The van der Waals surface area contributed by atoms with Gasteiger partial charge in [-0.25, -0.2) is 12.8 Å². The predicted octanol–water partition coefficient (Wildman–Crippen LogP) is 4.51. The Bertz CT molecular complexity index is 1050. The molecule has 1 amide bonds. The van der Waals surface area contributed by atoms with Gasteiger partial charge < -0.3 is 4.90 Å². The second kappa shape index (κ2) is 8.99. The summed E-state index contributed by atoms with van der Waals surface area (Å²) < 4.78 is 39.0. The lowest BCUT2D eigenvalue weighted by molar-refractivity contribution is 0.0614. The Morgan fingerprint density at radius 3 is 2.45 bits per heavy atom. The van der Waals surface area contributed by atoms with Crippen LogP contribution in [0.5, 0.6) is 0 Å². The third-order valence-corrected chi connectivity index (χ3v) is 7.53. The van der Waals surface area contributed by atoms with Crippen LogP contribution < -0.4 is 4.31 Å². The highest BCUT2D eigenvalue weighted by Crippen LogP contribution is 2.31. The molecule has 166 valence electrons. The molecule has 0 radical (unpaired) electrons. The van der Waals surface area contributed by atoms with Crippen LogP contribution in [0.3, 0.4) is 0 Å². The molecular weight excluding hydrogens is 415 g/mol. The van der Waals surface area contributed by atoms with Crippen LogP contribution in [0.4, 0.5) is 10.1 Å². The number of halogens is 1. The summed E-state index contributed by atoms with van der Waals surface area (Å²) in [7, 11) is -3.34. The van der Waals surface area contributed by atoms with Crippen molar-refractivity contribution in [2.24, 2.45) is 0 Å². The van der Waals surface area contributed by atoms with E-state index < -0.39 is 10.0 Å². The predicted molar refractivity (Wildman–Crippen MR) is 120 cm³/mol. The van der Waals surface area contributed by atoms with Crippen LogP contribution in [0.15, 0.2) is 42.5 Å². The number of amides is 1. The first-order chi connectivity index (χ1) is 14.8. The minimum Gasteiger partial charge on any atom is -0.331 e. The van der Waals surface area contributed by atoms with Crippen molar-refractivity contribution in [3.8, 4) is 0 Å². The van der Waals surface area contributed by atoms with E-state index in [1.165, 1.54) is 29.1 Å². The van der Waals surface area contributed by atoms with Gasteiger partial charge in [0, 0.05) is 24.7 Å². The first-order valence-corrected chi connectivity index (χ1v) is 12.8. The molecule has 0 saturated heterocycles. The number of hydrogen-bond acceptors (Lipinski definition) is 3. The molecule has 0 spiro atoms. The molecule has 0 N–H and O–H groups in total. The minimum atomic E-state index is -3.34. The van der Waals surface area contributed by atoms with Gasteiger partial charge in [0.15, 0.2) is 0 Å². The molecule has 0 bridgehead atoms. The van der Waals surface area contributed by atoms with Crippen molar-refractivity contribution < 1.29 is 17.6 Å². The summed E-state index contributed by atoms with van der Waals surface area (Å²) >= 11 is 0. The van der Waals surface area contributed by atoms with Crippen LogP contribution in [0, 0.1) is 5.82 Å². The molecule has 2 aromatic carbocycles. The van der Waals surface area contributed by atoms with Gasteiger partial charge in [-0.15, -0.1) is 0 Å². The van der Waals surface area contributed by atoms with Gasteiger partial charge >= 0.3 is 0 Å². The Labute approximate surface area is 183 Å². The number of carbonyl (C=O) groups excluding carboxylic acids is 1. The minimum absolute atomic E-state index is 0.0458. The summed E-state index contributed by atoms with van der Waals surface area (Å²) in [6, 6.07) is 11.8. The summed E-state index contributed by atoms with van der Waals surface area (Å²) in [5.41, 5.74) is 3.06. The molecule has 0 unspecified atom stereocenters. The zero-order valence-corrected chi connectivity index (χ0v) is 18.7. The fourth-order valence-corrected chi connectivity index (χ4v) is 5.75. The zero-order valence-electron chi connectivity index (χ0n) is 17.9. The van der Waals surface area contributed by atoms with Crippen molar-refractivity contribution in [2.75, 3.05) is 17.1 Å². The lowest BCUT2D eigenvalue weighted by atomic mass is 9.92. The molecule has 2 aromatic rings. The normalized spacial score (nSPS) is 17.3. The summed E-state index contributed by atoms with van der Waals surface area (Å²) in [5, 5.41) is 0. The van der Waals surface area contributed by atoms with E-state index >= 15 is 0 Å². The zero-order chi connectivity index (χ0) is 22.0. The maximum absolute atomic E-state index is 13.6. The molecule has 1 heterocycles. The van der Waals surface area contributed by atoms with Crippen molar-refractivity contribution in [3.05, 3.63) is 65.0 Å². The fraction of sp³-hybridized carbons (Fsp3) is 0.458. The Kier molecular flexibility index (Phi) is 6.32. The van der Waals surface area contributed by atoms with E-state index in [1.54, 1.807) is 24.3 Å².